The van der Waals surface area contributed by atoms with E-state index in [0.717, 1.165) is 49.1 Å². The number of carbonyl (C=O) groups is 3. The van der Waals surface area contributed by atoms with Gasteiger partial charge in [-0.05, 0) is 92.9 Å². The molecule has 1 spiro atoms. The van der Waals surface area contributed by atoms with Crippen molar-refractivity contribution >= 4 is 39.4 Å². The molecule has 5 aromatic rings. The molecule has 3 aliphatic rings. The Hall–Kier alpha value is -6.66. The molecular formula is C51H52N4O7S. The van der Waals surface area contributed by atoms with Gasteiger partial charge < -0.3 is 24.6 Å². The van der Waals surface area contributed by atoms with E-state index in [4.69, 9.17) is 9.47 Å². The molecule has 1 aliphatic heterocycles. The Balaban J connectivity index is 1.24. The lowest BCUT2D eigenvalue weighted by molar-refractivity contribution is 0.0549. The number of anilines is 2. The molecule has 8 rings (SSSR count). The van der Waals surface area contributed by atoms with E-state index in [1.165, 1.54) is 6.08 Å². The normalized spacial score (nSPS) is 15.1. The molecule has 5 aromatic carbocycles. The number of alkyl carbamates (subject to hydrolysis) is 1. The number of allylic oxidation sites excluding steroid dienone is 1. The minimum atomic E-state index is -4.61. The summed E-state index contributed by atoms with van der Waals surface area (Å²) in [6.45, 7) is 11.5. The summed E-state index contributed by atoms with van der Waals surface area (Å²) in [5.41, 5.74) is 7.38. The molecule has 2 amide bonds. The maximum Gasteiger partial charge on any atom is 0.407 e. The summed E-state index contributed by atoms with van der Waals surface area (Å²) < 4.78 is 43.0. The summed E-state index contributed by atoms with van der Waals surface area (Å²) in [5, 5.41) is 2.66. The van der Waals surface area contributed by atoms with Gasteiger partial charge in [0.05, 0.1) is 16.9 Å². The van der Waals surface area contributed by atoms with Gasteiger partial charge in [0, 0.05) is 63.0 Å². The van der Waals surface area contributed by atoms with Crippen LogP contribution in [0.1, 0.15) is 85.0 Å². The summed E-state index contributed by atoms with van der Waals surface area (Å²) >= 11 is 0. The molecule has 0 fully saturated rings. The molecule has 2 aliphatic carbocycles. The fourth-order valence-corrected chi connectivity index (χ4v) is 11.3. The van der Waals surface area contributed by atoms with Crippen LogP contribution in [0.5, 0.6) is 0 Å². The predicted molar refractivity (Wildman–Crippen MR) is 247 cm³/mol. The number of nitrogens with one attached hydrogen (secondary N) is 1. The molecule has 0 saturated carbocycles. The Labute approximate surface area is 369 Å². The summed E-state index contributed by atoms with van der Waals surface area (Å²) in [6.07, 6.45) is 2.46. The monoisotopic (exact) mass is 864 g/mol. The van der Waals surface area contributed by atoms with Crippen molar-refractivity contribution in [2.75, 3.05) is 63.5 Å². The van der Waals surface area contributed by atoms with Gasteiger partial charge in [0.1, 0.15) is 18.8 Å². The van der Waals surface area contributed by atoms with Crippen LogP contribution in [-0.2, 0) is 36.9 Å². The zero-order chi connectivity index (χ0) is 45.0. The molecule has 0 bridgehead atoms. The summed E-state index contributed by atoms with van der Waals surface area (Å²) in [4.78, 5) is 46.4. The van der Waals surface area contributed by atoms with Crippen LogP contribution in [0.25, 0.3) is 11.1 Å². The van der Waals surface area contributed by atoms with Gasteiger partial charge in [-0.15, -0.1) is 6.58 Å². The van der Waals surface area contributed by atoms with Crippen molar-refractivity contribution in [3.05, 3.63) is 178 Å². The third-order valence-electron chi connectivity index (χ3n) is 12.7. The highest BCUT2D eigenvalue weighted by Crippen LogP contribution is 2.60. The molecule has 0 saturated heterocycles. The van der Waals surface area contributed by atoms with Crippen molar-refractivity contribution in [2.45, 2.75) is 37.1 Å². The zero-order valence-corrected chi connectivity index (χ0v) is 37.3. The smallest absolute Gasteiger partial charge is 0.407 e. The third-order valence-corrected chi connectivity index (χ3v) is 14.4. The maximum absolute atomic E-state index is 15.4. The standard InChI is InChI=1S/C51H52N4O7S/c1-9-15-32-27-33(48(57)61-25-10-2)28-45-46(32)47(56)55(51(45)41-22-20-34(53(5)6)29-43(41)50(3,4)44-30-35(54(7)8)21-23-42(44)51)63(59,60)26-24-52-49(58)62-31-40-38-18-13-11-16-36(38)37-17-12-14-19-39(37)40/h9-14,16-23,27-30,40H,1-2,15,24-26,31H2,3-8H3,(H,52,58). The highest BCUT2D eigenvalue weighted by molar-refractivity contribution is 7.89. The molecule has 12 heteroatoms. The summed E-state index contributed by atoms with van der Waals surface area (Å²) in [5.74, 6) is -2.22. The van der Waals surface area contributed by atoms with E-state index in [0.29, 0.717) is 22.3 Å². The van der Waals surface area contributed by atoms with Gasteiger partial charge in [0.15, 0.2) is 0 Å². The molecule has 63 heavy (non-hydrogen) atoms. The first kappa shape index (κ1) is 43.0. The number of benzene rings is 5. The van der Waals surface area contributed by atoms with Crippen LogP contribution in [-0.4, -0.2) is 84.4 Å². The van der Waals surface area contributed by atoms with E-state index in [-0.39, 0.29) is 43.2 Å². The zero-order valence-electron chi connectivity index (χ0n) is 36.5. The van der Waals surface area contributed by atoms with Gasteiger partial charge >= 0.3 is 12.1 Å². The first-order chi connectivity index (χ1) is 30.1. The van der Waals surface area contributed by atoms with Crippen molar-refractivity contribution in [2.24, 2.45) is 0 Å². The number of fused-ring (bicyclic) bond motifs is 9. The average molecular weight is 865 g/mol. The molecule has 0 unspecified atom stereocenters. The first-order valence-electron chi connectivity index (χ1n) is 20.9. The number of rotatable bonds is 13. The van der Waals surface area contributed by atoms with E-state index in [9.17, 15) is 9.59 Å². The lowest BCUT2D eigenvalue weighted by Crippen LogP contribution is -2.54. The highest BCUT2D eigenvalue weighted by atomic mass is 32.2. The average Bonchev–Trinajstić information content (AvgIpc) is 3.73. The quantitative estimate of drug-likeness (QED) is 0.0923. The Morgan fingerprint density at radius 2 is 1.33 bits per heavy atom. The van der Waals surface area contributed by atoms with Gasteiger partial charge in [-0.3, -0.25) is 4.79 Å². The summed E-state index contributed by atoms with van der Waals surface area (Å²) in [7, 11) is 3.13. The topological polar surface area (TPSA) is 126 Å². The second kappa shape index (κ2) is 16.2. The van der Waals surface area contributed by atoms with Crippen LogP contribution >= 0.6 is 0 Å². The number of ether oxygens (including phenoxy) is 2. The van der Waals surface area contributed by atoms with Crippen LogP contribution in [0.3, 0.4) is 0 Å². The second-order valence-corrected chi connectivity index (χ2v) is 19.1. The number of carbonyl (C=O) groups excluding carboxylic acids is 3. The third kappa shape index (κ3) is 6.97. The van der Waals surface area contributed by atoms with Crippen LogP contribution < -0.4 is 15.1 Å². The number of hydrogen-bond donors (Lipinski definition) is 1. The number of hydrogen-bond acceptors (Lipinski definition) is 9. The minimum absolute atomic E-state index is 0.0472. The lowest BCUT2D eigenvalue weighted by atomic mass is 9.60. The Morgan fingerprint density at radius 1 is 0.762 bits per heavy atom. The summed E-state index contributed by atoms with van der Waals surface area (Å²) in [6, 6.07) is 30.9. The molecule has 324 valence electrons. The van der Waals surface area contributed by atoms with Crippen molar-refractivity contribution < 1.29 is 32.3 Å². The predicted octanol–water partition coefficient (Wildman–Crippen LogP) is 8.15. The fourth-order valence-electron chi connectivity index (χ4n) is 9.70. The molecule has 1 heterocycles. The molecule has 0 aromatic heterocycles. The number of amides is 2. The van der Waals surface area contributed by atoms with E-state index in [2.05, 4.69) is 32.3 Å². The van der Waals surface area contributed by atoms with Crippen LogP contribution in [0, 0.1) is 0 Å². The van der Waals surface area contributed by atoms with Crippen molar-refractivity contribution in [1.29, 1.82) is 0 Å². The Kier molecular flexibility index (Phi) is 11.1. The number of nitrogens with zero attached hydrogens (tertiary/aromatic N) is 3. The van der Waals surface area contributed by atoms with E-state index < -0.39 is 44.7 Å². The SMILES string of the molecule is C=CCOC(=O)c1cc(CC=C)c2c(c1)C1(c3ccc(N(C)C)cc3C(C)(C)c3cc(N(C)C)ccc31)N(S(=O)(=O)CCNC(=O)OCC1c3ccccc3-c3ccccc31)C2=O. The van der Waals surface area contributed by atoms with Crippen LogP contribution in [0.2, 0.25) is 0 Å². The van der Waals surface area contributed by atoms with E-state index >= 15 is 13.2 Å². The number of sulfonamides is 1. The molecule has 1 N–H and O–H groups in total. The van der Waals surface area contributed by atoms with E-state index in [1.54, 1.807) is 18.2 Å². The van der Waals surface area contributed by atoms with Crippen molar-refractivity contribution in [3.8, 4) is 11.1 Å². The Bertz CT molecular complexity index is 2720. The van der Waals surface area contributed by atoms with Crippen LogP contribution in [0.4, 0.5) is 16.2 Å². The van der Waals surface area contributed by atoms with Gasteiger partial charge in [-0.2, -0.15) is 0 Å². The highest BCUT2D eigenvalue weighted by Gasteiger charge is 2.62. The molecule has 0 atom stereocenters. The van der Waals surface area contributed by atoms with Crippen molar-refractivity contribution in [3.63, 3.8) is 0 Å². The Morgan fingerprint density at radius 3 is 1.87 bits per heavy atom. The van der Waals surface area contributed by atoms with Gasteiger partial charge in [-0.25, -0.2) is 22.3 Å². The van der Waals surface area contributed by atoms with E-state index in [1.807, 2.05) is 123 Å². The van der Waals surface area contributed by atoms with Crippen molar-refractivity contribution in [1.82, 2.24) is 9.62 Å². The minimum Gasteiger partial charge on any atom is -0.458 e. The molecule has 11 nitrogen and oxygen atoms in total. The lowest BCUT2D eigenvalue weighted by Gasteiger charge is -2.49. The van der Waals surface area contributed by atoms with Gasteiger partial charge in [0.2, 0.25) is 10.0 Å². The molecule has 0 radical (unpaired) electrons. The first-order valence-corrected chi connectivity index (χ1v) is 22.6. The van der Waals surface area contributed by atoms with Gasteiger partial charge in [-0.1, -0.05) is 93.2 Å². The largest absolute Gasteiger partial charge is 0.458 e. The van der Waals surface area contributed by atoms with Crippen LogP contribution in [0.15, 0.2) is 122 Å². The fraction of sp³-hybridized carbons (Fsp3) is 0.275. The maximum atomic E-state index is 15.4. The number of esters is 1. The molecular weight excluding hydrogens is 813 g/mol. The van der Waals surface area contributed by atoms with Gasteiger partial charge in [0.25, 0.3) is 5.91 Å². The second-order valence-electron chi connectivity index (χ2n) is 17.2.